The maximum Gasteiger partial charge on any atom is 0.104 e. The van der Waals surface area contributed by atoms with Crippen LogP contribution in [-0.2, 0) is 6.54 Å². The molecule has 4 heteroatoms. The summed E-state index contributed by atoms with van der Waals surface area (Å²) < 4.78 is 0. The molecule has 0 radical (unpaired) electrons. The number of nitrogens with one attached hydrogen (secondary N) is 1. The summed E-state index contributed by atoms with van der Waals surface area (Å²) >= 11 is 1.60. The van der Waals surface area contributed by atoms with E-state index in [1.165, 1.54) is 0 Å². The van der Waals surface area contributed by atoms with E-state index in [4.69, 9.17) is 0 Å². The number of aromatic nitrogens is 1. The van der Waals surface area contributed by atoms with E-state index in [9.17, 15) is 5.11 Å². The zero-order valence-corrected chi connectivity index (χ0v) is 12.1. The van der Waals surface area contributed by atoms with E-state index in [0.29, 0.717) is 5.92 Å². The van der Waals surface area contributed by atoms with Crippen LogP contribution in [0.3, 0.4) is 0 Å². The van der Waals surface area contributed by atoms with Gasteiger partial charge in [0.25, 0.3) is 0 Å². The Balaban J connectivity index is 2.01. The fourth-order valence-electron chi connectivity index (χ4n) is 2.09. The van der Waals surface area contributed by atoms with E-state index < -0.39 is 6.10 Å². The molecule has 2 atom stereocenters. The van der Waals surface area contributed by atoms with Crippen molar-refractivity contribution in [3.8, 4) is 0 Å². The highest BCUT2D eigenvalue weighted by Gasteiger charge is 2.24. The van der Waals surface area contributed by atoms with Crippen molar-refractivity contribution < 1.29 is 5.11 Å². The lowest BCUT2D eigenvalue weighted by Gasteiger charge is -2.27. The summed E-state index contributed by atoms with van der Waals surface area (Å²) in [7, 11) is 0. The van der Waals surface area contributed by atoms with E-state index >= 15 is 0 Å². The van der Waals surface area contributed by atoms with Gasteiger partial charge in [-0.1, -0.05) is 26.0 Å². The molecule has 0 fully saturated rings. The molecular weight excluding hydrogens is 256 g/mol. The number of rotatable bonds is 6. The first kappa shape index (κ1) is 14.2. The van der Waals surface area contributed by atoms with Crippen LogP contribution >= 0.6 is 11.3 Å². The van der Waals surface area contributed by atoms with Gasteiger partial charge < -0.3 is 10.4 Å². The Labute approximate surface area is 118 Å². The van der Waals surface area contributed by atoms with Crippen molar-refractivity contribution in [2.45, 2.75) is 32.5 Å². The molecule has 2 rings (SSSR count). The largest absolute Gasteiger partial charge is 0.386 e. The highest BCUT2D eigenvalue weighted by Crippen LogP contribution is 2.25. The van der Waals surface area contributed by atoms with Gasteiger partial charge in [-0.05, 0) is 29.0 Å². The van der Waals surface area contributed by atoms with Crippen LogP contribution in [0.2, 0.25) is 0 Å². The third-order valence-electron chi connectivity index (χ3n) is 3.16. The number of hydrogen-bond donors (Lipinski definition) is 2. The monoisotopic (exact) mass is 276 g/mol. The van der Waals surface area contributed by atoms with Crippen molar-refractivity contribution in [3.63, 3.8) is 0 Å². The van der Waals surface area contributed by atoms with Gasteiger partial charge in [-0.15, -0.1) is 11.3 Å². The van der Waals surface area contributed by atoms with Crippen molar-refractivity contribution in [2.75, 3.05) is 0 Å². The van der Waals surface area contributed by atoms with Crippen LogP contribution in [0, 0.1) is 5.92 Å². The molecule has 19 heavy (non-hydrogen) atoms. The molecule has 0 saturated heterocycles. The highest BCUT2D eigenvalue weighted by atomic mass is 32.1. The minimum absolute atomic E-state index is 0.0406. The second kappa shape index (κ2) is 6.80. The lowest BCUT2D eigenvalue weighted by Crippen LogP contribution is -2.38. The zero-order chi connectivity index (χ0) is 13.7. The van der Waals surface area contributed by atoms with Gasteiger partial charge in [0.2, 0.25) is 0 Å². The molecule has 102 valence electrons. The van der Waals surface area contributed by atoms with Crippen molar-refractivity contribution in [1.29, 1.82) is 0 Å². The van der Waals surface area contributed by atoms with Crippen LogP contribution in [0.5, 0.6) is 0 Å². The first-order chi connectivity index (χ1) is 9.18. The summed E-state index contributed by atoms with van der Waals surface area (Å²) in [5.74, 6) is 0.355. The minimum atomic E-state index is -0.461. The Morgan fingerprint density at radius 3 is 2.74 bits per heavy atom. The van der Waals surface area contributed by atoms with Gasteiger partial charge in [0, 0.05) is 29.9 Å². The molecular formula is C15H20N2OS. The van der Waals surface area contributed by atoms with Crippen molar-refractivity contribution in [2.24, 2.45) is 5.92 Å². The SMILES string of the molecule is CC(C)C(NCc1cccnc1)C(O)c1cccs1. The fraction of sp³-hybridized carbons (Fsp3) is 0.400. The average Bonchev–Trinajstić information content (AvgIpc) is 2.93. The number of pyridine rings is 1. The van der Waals surface area contributed by atoms with E-state index in [0.717, 1.165) is 17.0 Å². The van der Waals surface area contributed by atoms with Crippen LogP contribution < -0.4 is 5.32 Å². The van der Waals surface area contributed by atoms with Gasteiger partial charge in [0.15, 0.2) is 0 Å². The first-order valence-corrected chi connectivity index (χ1v) is 7.40. The maximum absolute atomic E-state index is 10.4. The molecule has 0 bridgehead atoms. The fourth-order valence-corrected chi connectivity index (χ4v) is 2.84. The Hall–Kier alpha value is -1.23. The Morgan fingerprint density at radius 2 is 2.16 bits per heavy atom. The number of thiophene rings is 1. The molecule has 0 amide bonds. The minimum Gasteiger partial charge on any atom is -0.386 e. The summed E-state index contributed by atoms with van der Waals surface area (Å²) in [6.45, 7) is 4.97. The molecule has 0 aliphatic rings. The van der Waals surface area contributed by atoms with Gasteiger partial charge in [0.1, 0.15) is 6.10 Å². The van der Waals surface area contributed by atoms with Gasteiger partial charge in [-0.25, -0.2) is 0 Å². The third kappa shape index (κ3) is 3.86. The predicted octanol–water partition coefficient (Wildman–Crippen LogP) is 2.99. The second-order valence-corrected chi connectivity index (χ2v) is 5.95. The number of aliphatic hydroxyl groups is 1. The summed E-state index contributed by atoms with van der Waals surface area (Å²) in [5.41, 5.74) is 1.13. The molecule has 0 saturated carbocycles. The van der Waals surface area contributed by atoms with Gasteiger partial charge in [-0.3, -0.25) is 4.98 Å². The highest BCUT2D eigenvalue weighted by molar-refractivity contribution is 7.10. The predicted molar refractivity (Wildman–Crippen MR) is 79.0 cm³/mol. The summed E-state index contributed by atoms with van der Waals surface area (Å²) in [5, 5.41) is 15.9. The van der Waals surface area contributed by atoms with Crippen molar-refractivity contribution >= 4 is 11.3 Å². The molecule has 0 aliphatic carbocycles. The standard InChI is InChI=1S/C15H20N2OS/c1-11(2)14(15(18)13-6-4-8-19-13)17-10-12-5-3-7-16-9-12/h3-9,11,14-15,17-18H,10H2,1-2H3. The van der Waals surface area contributed by atoms with Crippen molar-refractivity contribution in [3.05, 3.63) is 52.5 Å². The van der Waals surface area contributed by atoms with Crippen LogP contribution in [-0.4, -0.2) is 16.1 Å². The molecule has 0 aromatic carbocycles. The van der Waals surface area contributed by atoms with Gasteiger partial charge in [-0.2, -0.15) is 0 Å². The van der Waals surface area contributed by atoms with Crippen LogP contribution in [0.15, 0.2) is 42.0 Å². The normalized spacial score (nSPS) is 14.5. The average molecular weight is 276 g/mol. The zero-order valence-electron chi connectivity index (χ0n) is 11.3. The molecule has 0 spiro atoms. The molecule has 3 nitrogen and oxygen atoms in total. The van der Waals surface area contributed by atoms with E-state index in [1.807, 2.05) is 35.8 Å². The lowest BCUT2D eigenvalue weighted by molar-refractivity contribution is 0.107. The molecule has 2 aromatic rings. The second-order valence-electron chi connectivity index (χ2n) is 4.97. The number of hydrogen-bond acceptors (Lipinski definition) is 4. The quantitative estimate of drug-likeness (QED) is 0.852. The van der Waals surface area contributed by atoms with Gasteiger partial charge in [0.05, 0.1) is 0 Å². The molecule has 2 N–H and O–H groups in total. The van der Waals surface area contributed by atoms with Crippen molar-refractivity contribution in [1.82, 2.24) is 10.3 Å². The lowest BCUT2D eigenvalue weighted by atomic mass is 9.97. The Kier molecular flexibility index (Phi) is 5.07. The summed E-state index contributed by atoms with van der Waals surface area (Å²) in [6.07, 6.45) is 3.16. The number of aliphatic hydroxyl groups excluding tert-OH is 1. The smallest absolute Gasteiger partial charge is 0.104 e. The maximum atomic E-state index is 10.4. The van der Waals surface area contributed by atoms with E-state index in [-0.39, 0.29) is 6.04 Å². The van der Waals surface area contributed by atoms with E-state index in [2.05, 4.69) is 24.1 Å². The first-order valence-electron chi connectivity index (χ1n) is 6.52. The molecule has 2 unspecified atom stereocenters. The third-order valence-corrected chi connectivity index (χ3v) is 4.10. The topological polar surface area (TPSA) is 45.2 Å². The van der Waals surface area contributed by atoms with E-state index in [1.54, 1.807) is 17.5 Å². The Morgan fingerprint density at radius 1 is 1.32 bits per heavy atom. The summed E-state index contributed by atoms with van der Waals surface area (Å²) in [4.78, 5) is 5.11. The Bertz CT molecular complexity index is 470. The molecule has 2 heterocycles. The van der Waals surface area contributed by atoms with Gasteiger partial charge >= 0.3 is 0 Å². The number of nitrogens with zero attached hydrogens (tertiary/aromatic N) is 1. The molecule has 0 aliphatic heterocycles. The van der Waals surface area contributed by atoms with Crippen LogP contribution in [0.4, 0.5) is 0 Å². The molecule has 2 aromatic heterocycles. The van der Waals surface area contributed by atoms with Crippen LogP contribution in [0.25, 0.3) is 0 Å². The van der Waals surface area contributed by atoms with Crippen LogP contribution in [0.1, 0.15) is 30.4 Å². The summed E-state index contributed by atoms with van der Waals surface area (Å²) in [6, 6.07) is 7.96.